The van der Waals surface area contributed by atoms with Crippen LogP contribution in [0.3, 0.4) is 0 Å². The van der Waals surface area contributed by atoms with Crippen LogP contribution in [0.4, 0.5) is 0 Å². The van der Waals surface area contributed by atoms with Gasteiger partial charge in [0.25, 0.3) is 0 Å². The van der Waals surface area contributed by atoms with Crippen LogP contribution in [0.2, 0.25) is 0 Å². The Morgan fingerprint density at radius 2 is 1.85 bits per heavy atom. The van der Waals surface area contributed by atoms with E-state index in [1.807, 2.05) is 0 Å². The number of nitrogens with zero attached hydrogens (tertiary/aromatic N) is 2. The molecule has 0 saturated heterocycles. The first-order valence-corrected chi connectivity index (χ1v) is 5.80. The van der Waals surface area contributed by atoms with Gasteiger partial charge >= 0.3 is 0 Å². The molecule has 2 aromatic heterocycles. The van der Waals surface area contributed by atoms with Crippen molar-refractivity contribution in [1.82, 2.24) is 9.97 Å². The van der Waals surface area contributed by atoms with Crippen molar-refractivity contribution in [3.63, 3.8) is 0 Å². The number of hydrogen-bond donors (Lipinski definition) is 0. The highest BCUT2D eigenvalue weighted by Crippen LogP contribution is 2.42. The van der Waals surface area contributed by atoms with Crippen molar-refractivity contribution < 1.29 is 0 Å². The molecule has 66 valence electrons. The number of rotatable bonds is 0. The molecule has 3 rings (SSSR count). The first kappa shape index (κ1) is 7.64. The van der Waals surface area contributed by atoms with Crippen LogP contribution < -0.4 is 0 Å². The van der Waals surface area contributed by atoms with Crippen LogP contribution in [0.15, 0.2) is 0 Å². The summed E-state index contributed by atoms with van der Waals surface area (Å²) in [4.78, 5) is 11.7. The summed E-state index contributed by atoms with van der Waals surface area (Å²) < 4.78 is 0. The highest BCUT2D eigenvalue weighted by Gasteiger charge is 2.25. The Balaban J connectivity index is 2.28. The summed E-state index contributed by atoms with van der Waals surface area (Å²) in [7, 11) is 0. The lowest BCUT2D eigenvalue weighted by Crippen LogP contribution is -1.79. The third-order valence-electron chi connectivity index (χ3n) is 2.15. The Hall–Kier alpha value is -0.740. The fourth-order valence-electron chi connectivity index (χ4n) is 1.69. The van der Waals surface area contributed by atoms with Crippen LogP contribution >= 0.6 is 22.7 Å². The van der Waals surface area contributed by atoms with Crippen LogP contribution in [0.1, 0.15) is 20.6 Å². The van der Waals surface area contributed by atoms with E-state index in [1.165, 1.54) is 26.1 Å². The Morgan fingerprint density at radius 3 is 2.69 bits per heavy atom. The second-order valence-electron chi connectivity index (χ2n) is 3.19. The van der Waals surface area contributed by atoms with Crippen LogP contribution in [0.25, 0.3) is 10.6 Å². The minimum atomic E-state index is 1.00. The molecule has 0 atom stereocenters. The smallest absolute Gasteiger partial charge is 0.0969 e. The Bertz CT molecular complexity index is 438. The van der Waals surface area contributed by atoms with E-state index >= 15 is 0 Å². The third kappa shape index (κ3) is 0.988. The number of thiazole rings is 2. The van der Waals surface area contributed by atoms with Crippen molar-refractivity contribution in [2.45, 2.75) is 20.3 Å². The first-order chi connectivity index (χ1) is 6.24. The molecular formula is C9H8N2S2. The molecule has 0 radical (unpaired) electrons. The van der Waals surface area contributed by atoms with Gasteiger partial charge in [0.2, 0.25) is 0 Å². The first-order valence-electron chi connectivity index (χ1n) is 4.17. The van der Waals surface area contributed by atoms with Crippen molar-refractivity contribution in [3.05, 3.63) is 20.6 Å². The summed E-state index contributed by atoms with van der Waals surface area (Å²) in [6, 6.07) is 0. The van der Waals surface area contributed by atoms with Gasteiger partial charge < -0.3 is 0 Å². The number of fused-ring (bicyclic) bond motifs is 3. The Labute approximate surface area is 84.3 Å². The topological polar surface area (TPSA) is 25.8 Å². The Morgan fingerprint density at radius 1 is 1.08 bits per heavy atom. The molecule has 4 heteroatoms. The fourth-order valence-corrected chi connectivity index (χ4v) is 3.66. The molecule has 2 aromatic rings. The molecule has 0 amide bonds. The van der Waals surface area contributed by atoms with Gasteiger partial charge in [0.05, 0.1) is 26.3 Å². The standard InChI is InChI=1S/C9H8N2S2/c1-4-10-6-3-7-8(9(6)13-4)11-5(2)12-7/h3H2,1-2H3. The molecule has 0 saturated carbocycles. The molecule has 2 nitrogen and oxygen atoms in total. The molecule has 1 aliphatic rings. The lowest BCUT2D eigenvalue weighted by molar-refractivity contribution is 1.13. The van der Waals surface area contributed by atoms with Crippen molar-refractivity contribution in [1.29, 1.82) is 0 Å². The van der Waals surface area contributed by atoms with Crippen molar-refractivity contribution in [2.24, 2.45) is 0 Å². The average Bonchev–Trinajstić information content (AvgIpc) is 2.60. The summed E-state index contributed by atoms with van der Waals surface area (Å²) in [5.74, 6) is 0. The molecule has 0 fully saturated rings. The van der Waals surface area contributed by atoms with E-state index in [1.54, 1.807) is 22.7 Å². The summed E-state index contributed by atoms with van der Waals surface area (Å²) in [5.41, 5.74) is 2.43. The normalized spacial score (nSPS) is 13.1. The molecule has 0 N–H and O–H groups in total. The van der Waals surface area contributed by atoms with Crippen molar-refractivity contribution in [3.8, 4) is 10.6 Å². The van der Waals surface area contributed by atoms with Gasteiger partial charge in [-0.1, -0.05) is 0 Å². The number of aromatic nitrogens is 2. The molecule has 0 spiro atoms. The highest BCUT2D eigenvalue weighted by molar-refractivity contribution is 7.16. The predicted octanol–water partition coefficient (Wildman–Crippen LogP) is 2.79. The maximum absolute atomic E-state index is 4.53. The van der Waals surface area contributed by atoms with Crippen LogP contribution in [-0.2, 0) is 6.42 Å². The third-order valence-corrected chi connectivity index (χ3v) is 4.14. The minimum absolute atomic E-state index is 1.00. The van der Waals surface area contributed by atoms with E-state index in [4.69, 9.17) is 0 Å². The van der Waals surface area contributed by atoms with Gasteiger partial charge in [0.1, 0.15) is 0 Å². The molecule has 0 unspecified atom stereocenters. The second-order valence-corrected chi connectivity index (χ2v) is 5.68. The average molecular weight is 208 g/mol. The zero-order valence-corrected chi connectivity index (χ0v) is 9.05. The zero-order chi connectivity index (χ0) is 9.00. The molecule has 0 aliphatic heterocycles. The zero-order valence-electron chi connectivity index (χ0n) is 7.42. The van der Waals surface area contributed by atoms with Gasteiger partial charge in [0.15, 0.2) is 0 Å². The predicted molar refractivity (Wildman–Crippen MR) is 55.5 cm³/mol. The molecule has 0 bridgehead atoms. The number of aryl methyl sites for hydroxylation is 2. The lowest BCUT2D eigenvalue weighted by Gasteiger charge is -1.84. The van der Waals surface area contributed by atoms with Gasteiger partial charge in [-0.2, -0.15) is 0 Å². The largest absolute Gasteiger partial charge is 0.245 e. The van der Waals surface area contributed by atoms with Gasteiger partial charge in [-0.15, -0.1) is 22.7 Å². The van der Waals surface area contributed by atoms with E-state index in [9.17, 15) is 0 Å². The molecule has 2 heterocycles. The summed E-state index contributed by atoms with van der Waals surface area (Å²) in [5, 5.41) is 2.32. The maximum Gasteiger partial charge on any atom is 0.0969 e. The van der Waals surface area contributed by atoms with E-state index in [0.29, 0.717) is 0 Å². The van der Waals surface area contributed by atoms with E-state index < -0.39 is 0 Å². The Kier molecular flexibility index (Phi) is 1.41. The van der Waals surface area contributed by atoms with E-state index in [0.717, 1.165) is 11.4 Å². The summed E-state index contributed by atoms with van der Waals surface area (Å²) >= 11 is 3.57. The summed E-state index contributed by atoms with van der Waals surface area (Å²) in [6.07, 6.45) is 1.00. The van der Waals surface area contributed by atoms with Crippen LogP contribution in [0.5, 0.6) is 0 Å². The maximum atomic E-state index is 4.53. The SMILES string of the molecule is Cc1nc2c(s1)Cc1nc(C)sc1-2. The van der Waals surface area contributed by atoms with Crippen molar-refractivity contribution in [2.75, 3.05) is 0 Å². The summed E-state index contributed by atoms with van der Waals surface area (Å²) in [6.45, 7) is 4.12. The minimum Gasteiger partial charge on any atom is -0.245 e. The van der Waals surface area contributed by atoms with Crippen LogP contribution in [0, 0.1) is 13.8 Å². The van der Waals surface area contributed by atoms with Gasteiger partial charge in [-0.25, -0.2) is 9.97 Å². The van der Waals surface area contributed by atoms with Gasteiger partial charge in [0, 0.05) is 11.3 Å². The lowest BCUT2D eigenvalue weighted by atomic mass is 10.4. The second kappa shape index (κ2) is 2.39. The van der Waals surface area contributed by atoms with E-state index in [-0.39, 0.29) is 0 Å². The quantitative estimate of drug-likeness (QED) is 0.567. The number of hydrogen-bond acceptors (Lipinski definition) is 4. The van der Waals surface area contributed by atoms with Gasteiger partial charge in [-0.3, -0.25) is 0 Å². The fraction of sp³-hybridized carbons (Fsp3) is 0.333. The van der Waals surface area contributed by atoms with Gasteiger partial charge in [-0.05, 0) is 13.8 Å². The van der Waals surface area contributed by atoms with Crippen LogP contribution in [-0.4, -0.2) is 9.97 Å². The molecular weight excluding hydrogens is 200 g/mol. The van der Waals surface area contributed by atoms with Crippen molar-refractivity contribution >= 4 is 22.7 Å². The van der Waals surface area contributed by atoms with E-state index in [2.05, 4.69) is 23.8 Å². The molecule has 0 aromatic carbocycles. The molecule has 13 heavy (non-hydrogen) atoms. The molecule has 1 aliphatic carbocycles. The monoisotopic (exact) mass is 208 g/mol. The highest BCUT2D eigenvalue weighted by atomic mass is 32.1.